The first-order valence-corrected chi connectivity index (χ1v) is 9.80. The van der Waals surface area contributed by atoms with E-state index >= 15 is 0 Å². The Bertz CT molecular complexity index is 571. The van der Waals surface area contributed by atoms with Crippen molar-refractivity contribution in [2.24, 2.45) is 5.92 Å². The fourth-order valence-corrected chi connectivity index (χ4v) is 3.61. The molecular formula is C19H31N5O. The highest BCUT2D eigenvalue weighted by molar-refractivity contribution is 5.76. The average molecular weight is 345 g/mol. The van der Waals surface area contributed by atoms with Gasteiger partial charge in [-0.05, 0) is 51.9 Å². The van der Waals surface area contributed by atoms with E-state index in [0.717, 1.165) is 44.2 Å². The number of aromatic nitrogens is 2. The van der Waals surface area contributed by atoms with Crippen LogP contribution >= 0.6 is 0 Å². The van der Waals surface area contributed by atoms with Crippen LogP contribution in [-0.4, -0.2) is 53.0 Å². The number of nitrogens with one attached hydrogen (secondary N) is 1. The van der Waals surface area contributed by atoms with Crippen molar-refractivity contribution in [3.63, 3.8) is 0 Å². The number of amides is 1. The molecule has 1 saturated carbocycles. The largest absolute Gasteiger partial charge is 0.367 e. The molecule has 1 amide bonds. The minimum Gasteiger partial charge on any atom is -0.367 e. The molecule has 1 aliphatic heterocycles. The van der Waals surface area contributed by atoms with Gasteiger partial charge in [0.05, 0.1) is 0 Å². The number of hydrogen-bond donors (Lipinski definition) is 1. The van der Waals surface area contributed by atoms with E-state index in [4.69, 9.17) is 0 Å². The normalized spacial score (nSPS) is 20.4. The van der Waals surface area contributed by atoms with Gasteiger partial charge in [0.1, 0.15) is 18.0 Å². The van der Waals surface area contributed by atoms with Gasteiger partial charge in [-0.25, -0.2) is 9.97 Å². The summed E-state index contributed by atoms with van der Waals surface area (Å²) in [5.41, 5.74) is 0. The molecule has 0 bridgehead atoms. The highest BCUT2D eigenvalue weighted by atomic mass is 16.2. The molecule has 6 heteroatoms. The first-order chi connectivity index (χ1) is 12.2. The third-order valence-corrected chi connectivity index (χ3v) is 5.31. The fraction of sp³-hybridized carbons (Fsp3) is 0.737. The van der Waals surface area contributed by atoms with Crippen LogP contribution in [0.2, 0.25) is 0 Å². The molecule has 0 spiro atoms. The monoisotopic (exact) mass is 345 g/mol. The zero-order valence-corrected chi connectivity index (χ0v) is 15.6. The van der Waals surface area contributed by atoms with Gasteiger partial charge in [0.2, 0.25) is 5.91 Å². The predicted molar refractivity (Wildman–Crippen MR) is 101 cm³/mol. The van der Waals surface area contributed by atoms with Crippen LogP contribution in [0.1, 0.15) is 52.4 Å². The standard InChI is InChI=1S/C19H31N5O/c1-3-23(4-2)19(25)10-7-15-6-5-11-24(13-15)18-12-17(20-14-21-18)22-16-8-9-16/h12,14-16H,3-11,13H2,1-2H3,(H,20,21,22). The number of anilines is 2. The topological polar surface area (TPSA) is 61.4 Å². The minimum absolute atomic E-state index is 0.292. The van der Waals surface area contributed by atoms with Crippen LogP contribution in [0.3, 0.4) is 0 Å². The van der Waals surface area contributed by atoms with E-state index in [0.29, 0.717) is 24.3 Å². The summed E-state index contributed by atoms with van der Waals surface area (Å²) in [6, 6.07) is 2.67. The van der Waals surface area contributed by atoms with Gasteiger partial charge in [-0.15, -0.1) is 0 Å². The maximum absolute atomic E-state index is 12.2. The second kappa shape index (κ2) is 8.50. The van der Waals surface area contributed by atoms with Gasteiger partial charge in [-0.1, -0.05) is 0 Å². The minimum atomic E-state index is 0.292. The molecule has 25 heavy (non-hydrogen) atoms. The summed E-state index contributed by atoms with van der Waals surface area (Å²) >= 11 is 0. The van der Waals surface area contributed by atoms with Crippen LogP contribution in [0.25, 0.3) is 0 Å². The lowest BCUT2D eigenvalue weighted by molar-refractivity contribution is -0.131. The molecule has 1 saturated heterocycles. The maximum atomic E-state index is 12.2. The molecule has 6 nitrogen and oxygen atoms in total. The van der Waals surface area contributed by atoms with Crippen LogP contribution in [0.4, 0.5) is 11.6 Å². The lowest BCUT2D eigenvalue weighted by Gasteiger charge is -2.34. The summed E-state index contributed by atoms with van der Waals surface area (Å²) in [6.45, 7) is 7.75. The second-order valence-electron chi connectivity index (χ2n) is 7.24. The fourth-order valence-electron chi connectivity index (χ4n) is 3.61. The van der Waals surface area contributed by atoms with Crippen LogP contribution in [0, 0.1) is 5.92 Å². The zero-order valence-electron chi connectivity index (χ0n) is 15.6. The van der Waals surface area contributed by atoms with E-state index in [9.17, 15) is 4.79 Å². The lowest BCUT2D eigenvalue weighted by Crippen LogP contribution is -2.37. The van der Waals surface area contributed by atoms with E-state index in [1.165, 1.54) is 25.7 Å². The average Bonchev–Trinajstić information content (AvgIpc) is 3.45. The Morgan fingerprint density at radius 3 is 2.80 bits per heavy atom. The molecule has 0 aromatic carbocycles. The van der Waals surface area contributed by atoms with Crippen molar-refractivity contribution >= 4 is 17.5 Å². The summed E-state index contributed by atoms with van der Waals surface area (Å²) in [5.74, 6) is 2.81. The van der Waals surface area contributed by atoms with Crippen LogP contribution in [0.5, 0.6) is 0 Å². The number of carbonyl (C=O) groups is 1. The summed E-state index contributed by atoms with van der Waals surface area (Å²) < 4.78 is 0. The first kappa shape index (κ1) is 18.0. The Hall–Kier alpha value is -1.85. The second-order valence-corrected chi connectivity index (χ2v) is 7.24. The molecule has 1 aromatic heterocycles. The number of hydrogen-bond acceptors (Lipinski definition) is 5. The Labute approximate surface area is 151 Å². The van der Waals surface area contributed by atoms with E-state index < -0.39 is 0 Å². The third-order valence-electron chi connectivity index (χ3n) is 5.31. The van der Waals surface area contributed by atoms with Crippen molar-refractivity contribution in [1.82, 2.24) is 14.9 Å². The van der Waals surface area contributed by atoms with Crippen LogP contribution in [0.15, 0.2) is 12.4 Å². The molecule has 3 rings (SSSR count). The Morgan fingerprint density at radius 2 is 2.08 bits per heavy atom. The van der Waals surface area contributed by atoms with Gasteiger partial charge in [0.25, 0.3) is 0 Å². The number of carbonyl (C=O) groups excluding carboxylic acids is 1. The van der Waals surface area contributed by atoms with Gasteiger partial charge in [-0.2, -0.15) is 0 Å². The van der Waals surface area contributed by atoms with Crippen LogP contribution < -0.4 is 10.2 Å². The molecule has 1 unspecified atom stereocenters. The summed E-state index contributed by atoms with van der Waals surface area (Å²) in [6.07, 6.45) is 8.16. The third kappa shape index (κ3) is 5.06. The SMILES string of the molecule is CCN(CC)C(=O)CCC1CCCN(c2cc(NC3CC3)ncn2)C1. The van der Waals surface area contributed by atoms with Gasteiger partial charge in [-0.3, -0.25) is 4.79 Å². The van der Waals surface area contributed by atoms with Crippen molar-refractivity contribution in [2.45, 2.75) is 58.4 Å². The van der Waals surface area contributed by atoms with Crippen molar-refractivity contribution in [1.29, 1.82) is 0 Å². The van der Waals surface area contributed by atoms with Crippen molar-refractivity contribution in [3.8, 4) is 0 Å². The van der Waals surface area contributed by atoms with Crippen molar-refractivity contribution in [3.05, 3.63) is 12.4 Å². The molecule has 1 atom stereocenters. The summed E-state index contributed by atoms with van der Waals surface area (Å²) in [4.78, 5) is 25.3. The molecule has 138 valence electrons. The molecule has 2 aliphatic rings. The molecular weight excluding hydrogens is 314 g/mol. The van der Waals surface area contributed by atoms with Crippen LogP contribution in [-0.2, 0) is 4.79 Å². The van der Waals surface area contributed by atoms with E-state index in [1.807, 2.05) is 18.7 Å². The maximum Gasteiger partial charge on any atom is 0.222 e. The predicted octanol–water partition coefficient (Wildman–Crippen LogP) is 2.92. The van der Waals surface area contributed by atoms with Gasteiger partial charge < -0.3 is 15.1 Å². The van der Waals surface area contributed by atoms with Crippen molar-refractivity contribution in [2.75, 3.05) is 36.4 Å². The first-order valence-electron chi connectivity index (χ1n) is 9.80. The van der Waals surface area contributed by atoms with Gasteiger partial charge in [0, 0.05) is 44.7 Å². The van der Waals surface area contributed by atoms with E-state index in [2.05, 4.69) is 26.3 Å². The lowest BCUT2D eigenvalue weighted by atomic mass is 9.93. The molecule has 0 radical (unpaired) electrons. The highest BCUT2D eigenvalue weighted by Crippen LogP contribution is 2.28. The molecule has 1 aromatic rings. The Kier molecular flexibility index (Phi) is 6.10. The van der Waals surface area contributed by atoms with Crippen molar-refractivity contribution < 1.29 is 4.79 Å². The van der Waals surface area contributed by atoms with Gasteiger partial charge >= 0.3 is 0 Å². The van der Waals surface area contributed by atoms with E-state index in [-0.39, 0.29) is 0 Å². The van der Waals surface area contributed by atoms with E-state index in [1.54, 1.807) is 6.33 Å². The number of nitrogens with zero attached hydrogens (tertiary/aromatic N) is 4. The molecule has 1 aliphatic carbocycles. The Balaban J connectivity index is 1.53. The summed E-state index contributed by atoms with van der Waals surface area (Å²) in [5, 5.41) is 3.44. The zero-order chi connectivity index (χ0) is 17.6. The van der Waals surface area contributed by atoms with Gasteiger partial charge in [0.15, 0.2) is 0 Å². The highest BCUT2D eigenvalue weighted by Gasteiger charge is 2.24. The Morgan fingerprint density at radius 1 is 1.28 bits per heavy atom. The molecule has 2 heterocycles. The quantitative estimate of drug-likeness (QED) is 0.785. The number of piperidine rings is 1. The number of rotatable bonds is 8. The smallest absolute Gasteiger partial charge is 0.222 e. The summed E-state index contributed by atoms with van der Waals surface area (Å²) in [7, 11) is 0. The molecule has 1 N–H and O–H groups in total. The molecule has 2 fully saturated rings.